The quantitative estimate of drug-likeness (QED) is 0.430. The fraction of sp³-hybridized carbons (Fsp3) is 0.857. The average molecular weight is 161 g/mol. The van der Waals surface area contributed by atoms with E-state index in [1.54, 1.807) is 0 Å². The Labute approximate surface area is 66.5 Å². The second-order valence-electron chi connectivity index (χ2n) is 2.66. The van der Waals surface area contributed by atoms with Crippen LogP contribution in [0.2, 0.25) is 0 Å². The van der Waals surface area contributed by atoms with Crippen molar-refractivity contribution >= 4 is 6.29 Å². The van der Waals surface area contributed by atoms with Crippen LogP contribution in [-0.4, -0.2) is 31.0 Å². The van der Waals surface area contributed by atoms with Crippen molar-refractivity contribution in [2.75, 3.05) is 7.11 Å². The lowest BCUT2D eigenvalue weighted by Crippen LogP contribution is -2.43. The lowest BCUT2D eigenvalue weighted by atomic mass is 10.1. The second-order valence-corrected chi connectivity index (χ2v) is 2.66. The molecule has 0 rings (SSSR count). The third kappa shape index (κ3) is 4.08. The number of ether oxygens (including phenoxy) is 1. The Morgan fingerprint density at radius 2 is 2.09 bits per heavy atom. The molecule has 2 atom stereocenters. The number of rotatable bonds is 5. The van der Waals surface area contributed by atoms with Gasteiger partial charge in [-0.3, -0.25) is 5.32 Å². The van der Waals surface area contributed by atoms with E-state index in [1.807, 2.05) is 13.8 Å². The molecule has 0 aromatic rings. The zero-order valence-electron chi connectivity index (χ0n) is 7.07. The van der Waals surface area contributed by atoms with Crippen molar-refractivity contribution in [1.29, 1.82) is 0 Å². The molecule has 0 aromatic heterocycles. The Kier molecular flexibility index (Phi) is 5.02. The highest BCUT2D eigenvalue weighted by Crippen LogP contribution is 1.98. The van der Waals surface area contributed by atoms with Gasteiger partial charge in [-0.05, 0) is 5.92 Å². The van der Waals surface area contributed by atoms with Crippen molar-refractivity contribution in [3.8, 4) is 0 Å². The van der Waals surface area contributed by atoms with Crippen molar-refractivity contribution < 1.29 is 14.6 Å². The first-order chi connectivity index (χ1) is 5.11. The molecule has 2 N–H and O–H groups in total. The number of aliphatic hydroxyl groups is 1. The molecule has 4 heteroatoms. The molecule has 0 spiro atoms. The predicted molar refractivity (Wildman–Crippen MR) is 40.8 cm³/mol. The van der Waals surface area contributed by atoms with Gasteiger partial charge in [0.2, 0.25) is 6.41 Å². The van der Waals surface area contributed by atoms with E-state index in [4.69, 9.17) is 5.11 Å². The number of nitrogens with one attached hydrogen (secondary N) is 1. The monoisotopic (exact) mass is 161 g/mol. The molecule has 0 saturated carbocycles. The van der Waals surface area contributed by atoms with Crippen molar-refractivity contribution in [1.82, 2.24) is 5.32 Å². The minimum Gasteiger partial charge on any atom is -0.356 e. The van der Waals surface area contributed by atoms with Crippen molar-refractivity contribution in [2.45, 2.75) is 26.3 Å². The van der Waals surface area contributed by atoms with Crippen LogP contribution in [0.4, 0.5) is 0 Å². The van der Waals surface area contributed by atoms with Gasteiger partial charge in [0.1, 0.15) is 6.29 Å². The summed E-state index contributed by atoms with van der Waals surface area (Å²) < 4.78 is 4.52. The molecule has 0 aliphatic rings. The summed E-state index contributed by atoms with van der Waals surface area (Å²) in [5.41, 5.74) is 0. The van der Waals surface area contributed by atoms with Crippen LogP contribution < -0.4 is 5.32 Å². The molecule has 0 amide bonds. The van der Waals surface area contributed by atoms with Crippen LogP contribution in [0, 0.1) is 5.92 Å². The van der Waals surface area contributed by atoms with Crippen LogP contribution in [0.25, 0.3) is 0 Å². The van der Waals surface area contributed by atoms with Crippen molar-refractivity contribution in [3.05, 3.63) is 0 Å². The summed E-state index contributed by atoms with van der Waals surface area (Å²) in [6, 6.07) is -0.357. The summed E-state index contributed by atoms with van der Waals surface area (Å²) >= 11 is 0. The van der Waals surface area contributed by atoms with Crippen molar-refractivity contribution in [2.24, 2.45) is 5.92 Å². The Morgan fingerprint density at radius 1 is 1.55 bits per heavy atom. The average Bonchev–Trinajstić information content (AvgIpc) is 1.99. The van der Waals surface area contributed by atoms with E-state index in [1.165, 1.54) is 7.11 Å². The van der Waals surface area contributed by atoms with Gasteiger partial charge >= 0.3 is 0 Å². The van der Waals surface area contributed by atoms with Crippen LogP contribution in [0.5, 0.6) is 0 Å². The maximum atomic E-state index is 10.4. The molecular formula is C7H15NO3. The normalized spacial score (nSPS) is 16.5. The molecule has 1 unspecified atom stereocenters. The number of aliphatic hydroxyl groups excluding tert-OH is 1. The fourth-order valence-electron chi connectivity index (χ4n) is 0.622. The van der Waals surface area contributed by atoms with E-state index >= 15 is 0 Å². The Balaban J connectivity index is 3.77. The third-order valence-corrected chi connectivity index (χ3v) is 1.42. The maximum Gasteiger partial charge on any atom is 0.213 e. The summed E-state index contributed by atoms with van der Waals surface area (Å²) in [4.78, 5) is 10.4. The first-order valence-corrected chi connectivity index (χ1v) is 3.54. The standard InChI is InChI=1S/C7H15NO3/c1-5(2)6(4-9)8-7(10)11-3/h4-8,10H,1-3H3/t6-,7?/m1/s1. The van der Waals surface area contributed by atoms with Crippen LogP contribution in [0.3, 0.4) is 0 Å². The molecule has 0 aliphatic carbocycles. The molecule has 0 fully saturated rings. The zero-order valence-corrected chi connectivity index (χ0v) is 7.07. The fourth-order valence-corrected chi connectivity index (χ4v) is 0.622. The minimum atomic E-state index is -1.06. The molecule has 0 heterocycles. The highest BCUT2D eigenvalue weighted by atomic mass is 16.6. The smallest absolute Gasteiger partial charge is 0.213 e. The van der Waals surface area contributed by atoms with E-state index in [-0.39, 0.29) is 12.0 Å². The van der Waals surface area contributed by atoms with Gasteiger partial charge in [-0.1, -0.05) is 13.8 Å². The SMILES string of the molecule is COC(O)N[C@H](C=O)C(C)C. The third-order valence-electron chi connectivity index (χ3n) is 1.42. The first kappa shape index (κ1) is 10.6. The molecular weight excluding hydrogens is 146 g/mol. The number of hydrogen-bond acceptors (Lipinski definition) is 4. The second kappa shape index (κ2) is 5.23. The molecule has 11 heavy (non-hydrogen) atoms. The number of hydrogen-bond donors (Lipinski definition) is 2. The van der Waals surface area contributed by atoms with Gasteiger partial charge in [0, 0.05) is 7.11 Å². The number of methoxy groups -OCH3 is 1. The molecule has 0 bridgehead atoms. The Hall–Kier alpha value is -0.450. The molecule has 66 valence electrons. The van der Waals surface area contributed by atoms with Crippen LogP contribution >= 0.6 is 0 Å². The van der Waals surface area contributed by atoms with Gasteiger partial charge < -0.3 is 14.6 Å². The van der Waals surface area contributed by atoms with Gasteiger partial charge in [-0.2, -0.15) is 0 Å². The van der Waals surface area contributed by atoms with Crippen LogP contribution in [-0.2, 0) is 9.53 Å². The Morgan fingerprint density at radius 3 is 2.36 bits per heavy atom. The molecule has 4 nitrogen and oxygen atoms in total. The summed E-state index contributed by atoms with van der Waals surface area (Å²) in [7, 11) is 1.36. The number of carbonyl (C=O) groups is 1. The van der Waals surface area contributed by atoms with Gasteiger partial charge in [0.15, 0.2) is 0 Å². The lowest BCUT2D eigenvalue weighted by molar-refractivity contribution is -0.123. The summed E-state index contributed by atoms with van der Waals surface area (Å²) in [5, 5.41) is 11.5. The molecule has 0 saturated heterocycles. The van der Waals surface area contributed by atoms with E-state index in [0.717, 1.165) is 6.29 Å². The topological polar surface area (TPSA) is 58.6 Å². The number of aldehydes is 1. The summed E-state index contributed by atoms with van der Waals surface area (Å²) in [6.07, 6.45) is -0.306. The van der Waals surface area contributed by atoms with E-state index in [0.29, 0.717) is 0 Å². The van der Waals surface area contributed by atoms with E-state index in [9.17, 15) is 4.79 Å². The van der Waals surface area contributed by atoms with Gasteiger partial charge in [0.05, 0.1) is 6.04 Å². The Bertz CT molecular complexity index is 116. The van der Waals surface area contributed by atoms with Crippen LogP contribution in [0.1, 0.15) is 13.8 Å². The number of carbonyl (C=O) groups excluding carboxylic acids is 1. The largest absolute Gasteiger partial charge is 0.356 e. The molecule has 0 radical (unpaired) electrons. The molecule has 0 aliphatic heterocycles. The van der Waals surface area contributed by atoms with Gasteiger partial charge in [-0.25, -0.2) is 0 Å². The first-order valence-electron chi connectivity index (χ1n) is 3.54. The van der Waals surface area contributed by atoms with E-state index < -0.39 is 6.41 Å². The highest BCUT2D eigenvalue weighted by Gasteiger charge is 2.14. The predicted octanol–water partition coefficient (Wildman–Crippen LogP) is -0.278. The highest BCUT2D eigenvalue weighted by molar-refractivity contribution is 5.57. The summed E-state index contributed by atoms with van der Waals surface area (Å²) in [5.74, 6) is 0.150. The van der Waals surface area contributed by atoms with Crippen LogP contribution in [0.15, 0.2) is 0 Å². The maximum absolute atomic E-state index is 10.4. The summed E-state index contributed by atoms with van der Waals surface area (Å²) in [6.45, 7) is 3.77. The van der Waals surface area contributed by atoms with Gasteiger partial charge in [0.25, 0.3) is 0 Å². The van der Waals surface area contributed by atoms with Gasteiger partial charge in [-0.15, -0.1) is 0 Å². The lowest BCUT2D eigenvalue weighted by Gasteiger charge is -2.19. The van der Waals surface area contributed by atoms with E-state index in [2.05, 4.69) is 10.1 Å². The van der Waals surface area contributed by atoms with Crippen molar-refractivity contribution in [3.63, 3.8) is 0 Å². The minimum absolute atomic E-state index is 0.150. The zero-order chi connectivity index (χ0) is 8.85. The molecule has 0 aromatic carbocycles.